The van der Waals surface area contributed by atoms with Crippen molar-refractivity contribution in [1.82, 2.24) is 0 Å². The van der Waals surface area contributed by atoms with Crippen molar-refractivity contribution in [3.63, 3.8) is 0 Å². The van der Waals surface area contributed by atoms with Crippen LogP contribution >= 0.6 is 0 Å². The van der Waals surface area contributed by atoms with Crippen LogP contribution in [0.25, 0.3) is 0 Å². The summed E-state index contributed by atoms with van der Waals surface area (Å²) in [6.45, 7) is 1.75. The van der Waals surface area contributed by atoms with E-state index in [4.69, 9.17) is 0 Å². The van der Waals surface area contributed by atoms with Gasteiger partial charge in [0.15, 0.2) is 11.6 Å². The summed E-state index contributed by atoms with van der Waals surface area (Å²) < 4.78 is 0. The fourth-order valence-corrected chi connectivity index (χ4v) is 4.05. The Hall–Kier alpha value is -2.70. The molecule has 0 radical (unpaired) electrons. The van der Waals surface area contributed by atoms with E-state index in [1.807, 2.05) is 0 Å². The predicted molar refractivity (Wildman–Crippen MR) is 91.6 cm³/mol. The van der Waals surface area contributed by atoms with Crippen molar-refractivity contribution in [2.75, 3.05) is 0 Å². The van der Waals surface area contributed by atoms with E-state index in [0.717, 1.165) is 0 Å². The molecule has 0 saturated heterocycles. The number of phenols is 2. The van der Waals surface area contributed by atoms with E-state index in [9.17, 15) is 30.0 Å². The molecule has 0 spiro atoms. The lowest BCUT2D eigenvalue weighted by molar-refractivity contribution is -0.0260. The summed E-state index contributed by atoms with van der Waals surface area (Å²) in [6.07, 6.45) is -0.969. The first-order chi connectivity index (χ1) is 12.3. The molecule has 6 heteroatoms. The Morgan fingerprint density at radius 3 is 2.12 bits per heavy atom. The van der Waals surface area contributed by atoms with Crippen molar-refractivity contribution in [2.45, 2.75) is 37.9 Å². The van der Waals surface area contributed by atoms with Crippen molar-refractivity contribution in [3.05, 3.63) is 57.6 Å². The highest BCUT2D eigenvalue weighted by atomic mass is 16.3. The normalized spacial score (nSPS) is 24.0. The van der Waals surface area contributed by atoms with Crippen molar-refractivity contribution < 1.29 is 30.0 Å². The summed E-state index contributed by atoms with van der Waals surface area (Å²) in [4.78, 5) is 25.7. The van der Waals surface area contributed by atoms with Crippen LogP contribution in [0.1, 0.15) is 68.8 Å². The fraction of sp³-hybridized carbons (Fsp3) is 0.300. The number of hydrogen-bond donors (Lipinski definition) is 4. The van der Waals surface area contributed by atoms with Crippen LogP contribution in [0.4, 0.5) is 0 Å². The number of rotatable bonds is 1. The average Bonchev–Trinajstić information content (AvgIpc) is 2.62. The van der Waals surface area contributed by atoms with Gasteiger partial charge in [-0.05, 0) is 6.42 Å². The Labute approximate surface area is 149 Å². The molecule has 2 aliphatic carbocycles. The van der Waals surface area contributed by atoms with E-state index in [0.29, 0.717) is 6.42 Å². The van der Waals surface area contributed by atoms with Gasteiger partial charge >= 0.3 is 0 Å². The zero-order valence-corrected chi connectivity index (χ0v) is 14.1. The first-order valence-electron chi connectivity index (χ1n) is 8.48. The standard InChI is InChI=1S/C20H18O6/c1-2-20(26)7-11-13(12(21)8-20)19(25)15-14(18(11)24)16(22)9-5-3-4-6-10(9)17(15)23/h3-6,12,21,24-26H,2,7-8H2,1H3/t12-,20?/m0/s1. The summed E-state index contributed by atoms with van der Waals surface area (Å²) in [7, 11) is 0. The zero-order valence-electron chi connectivity index (χ0n) is 14.1. The van der Waals surface area contributed by atoms with E-state index < -0.39 is 34.8 Å². The fourth-order valence-electron chi connectivity index (χ4n) is 4.05. The smallest absolute Gasteiger partial charge is 0.198 e. The van der Waals surface area contributed by atoms with E-state index in [1.54, 1.807) is 19.1 Å². The lowest BCUT2D eigenvalue weighted by Crippen LogP contribution is -2.38. The summed E-state index contributed by atoms with van der Waals surface area (Å²) in [6, 6.07) is 6.21. The number of phenolic OH excluding ortho intramolecular Hbond substituents is 2. The maximum Gasteiger partial charge on any atom is 0.198 e. The van der Waals surface area contributed by atoms with Crippen LogP contribution in [0.2, 0.25) is 0 Å². The second-order valence-corrected chi connectivity index (χ2v) is 7.02. The minimum atomic E-state index is -1.26. The minimum Gasteiger partial charge on any atom is -0.507 e. The van der Waals surface area contributed by atoms with E-state index in [1.165, 1.54) is 12.1 Å². The monoisotopic (exact) mass is 354 g/mol. The Morgan fingerprint density at radius 2 is 1.58 bits per heavy atom. The number of aliphatic hydroxyl groups excluding tert-OH is 1. The lowest BCUT2D eigenvalue weighted by atomic mass is 9.72. The number of hydrogen-bond acceptors (Lipinski definition) is 6. The third kappa shape index (κ3) is 2.06. The molecular formula is C20H18O6. The molecular weight excluding hydrogens is 336 g/mol. The molecule has 1 unspecified atom stereocenters. The van der Waals surface area contributed by atoms with Gasteiger partial charge in [-0.2, -0.15) is 0 Å². The second kappa shape index (κ2) is 5.40. The topological polar surface area (TPSA) is 115 Å². The Kier molecular flexibility index (Phi) is 3.48. The molecule has 6 nitrogen and oxygen atoms in total. The van der Waals surface area contributed by atoms with Crippen molar-refractivity contribution in [1.29, 1.82) is 0 Å². The number of carbonyl (C=O) groups excluding carboxylic acids is 2. The maximum atomic E-state index is 12.9. The number of benzene rings is 2. The molecule has 0 saturated carbocycles. The number of ketones is 2. The molecule has 0 heterocycles. The summed E-state index contributed by atoms with van der Waals surface area (Å²) in [5.41, 5.74) is -1.38. The van der Waals surface area contributed by atoms with Gasteiger partial charge in [0.2, 0.25) is 0 Å². The van der Waals surface area contributed by atoms with Crippen LogP contribution in [0.15, 0.2) is 24.3 Å². The molecule has 0 aromatic heterocycles. The summed E-state index contributed by atoms with van der Waals surface area (Å²) in [5.74, 6) is -2.09. The largest absolute Gasteiger partial charge is 0.507 e. The number of aromatic hydroxyl groups is 2. The molecule has 4 rings (SSSR count). The molecule has 4 N–H and O–H groups in total. The first kappa shape index (κ1) is 16.8. The van der Waals surface area contributed by atoms with Crippen molar-refractivity contribution in [3.8, 4) is 11.5 Å². The molecule has 2 aromatic rings. The quantitative estimate of drug-likeness (QED) is 0.497. The summed E-state index contributed by atoms with van der Waals surface area (Å²) in [5, 5.41) is 42.5. The van der Waals surface area contributed by atoms with Gasteiger partial charge in [0.05, 0.1) is 22.8 Å². The minimum absolute atomic E-state index is 0.0138. The predicted octanol–water partition coefficient (Wildman–Crippen LogP) is 1.99. The highest BCUT2D eigenvalue weighted by Gasteiger charge is 2.44. The van der Waals surface area contributed by atoms with Gasteiger partial charge in [-0.15, -0.1) is 0 Å². The van der Waals surface area contributed by atoms with Gasteiger partial charge in [-0.25, -0.2) is 0 Å². The first-order valence-corrected chi connectivity index (χ1v) is 8.48. The zero-order chi connectivity index (χ0) is 18.8. The van der Waals surface area contributed by atoms with Gasteiger partial charge in [-0.3, -0.25) is 9.59 Å². The highest BCUT2D eigenvalue weighted by molar-refractivity contribution is 6.30. The van der Waals surface area contributed by atoms with Crippen LogP contribution in [-0.4, -0.2) is 37.6 Å². The van der Waals surface area contributed by atoms with Crippen LogP contribution in [0.3, 0.4) is 0 Å². The molecule has 26 heavy (non-hydrogen) atoms. The van der Waals surface area contributed by atoms with Gasteiger partial charge in [-0.1, -0.05) is 31.2 Å². The molecule has 2 atom stereocenters. The van der Waals surface area contributed by atoms with E-state index in [2.05, 4.69) is 0 Å². The molecule has 2 aromatic carbocycles. The molecule has 0 fully saturated rings. The Morgan fingerprint density at radius 1 is 1.04 bits per heavy atom. The highest BCUT2D eigenvalue weighted by Crippen LogP contribution is 2.50. The Bertz CT molecular complexity index is 977. The molecule has 0 amide bonds. The average molecular weight is 354 g/mol. The van der Waals surface area contributed by atoms with Crippen LogP contribution < -0.4 is 0 Å². The van der Waals surface area contributed by atoms with Gasteiger partial charge in [0.1, 0.15) is 11.5 Å². The number of aliphatic hydroxyl groups is 2. The number of carbonyl (C=O) groups is 2. The third-order valence-corrected chi connectivity index (χ3v) is 5.53. The van der Waals surface area contributed by atoms with Crippen LogP contribution in [0, 0.1) is 0 Å². The lowest BCUT2D eigenvalue weighted by Gasteiger charge is -2.37. The van der Waals surface area contributed by atoms with Crippen LogP contribution in [-0.2, 0) is 6.42 Å². The Balaban J connectivity index is 2.04. The number of fused-ring (bicyclic) bond motifs is 3. The van der Waals surface area contributed by atoms with E-state index in [-0.39, 0.29) is 46.2 Å². The molecule has 0 bridgehead atoms. The van der Waals surface area contributed by atoms with Gasteiger partial charge < -0.3 is 20.4 Å². The van der Waals surface area contributed by atoms with Crippen LogP contribution in [0.5, 0.6) is 11.5 Å². The second-order valence-electron chi connectivity index (χ2n) is 7.02. The van der Waals surface area contributed by atoms with E-state index >= 15 is 0 Å². The van der Waals surface area contributed by atoms with Crippen molar-refractivity contribution >= 4 is 11.6 Å². The summed E-state index contributed by atoms with van der Waals surface area (Å²) >= 11 is 0. The van der Waals surface area contributed by atoms with Gasteiger partial charge in [0.25, 0.3) is 0 Å². The van der Waals surface area contributed by atoms with Gasteiger partial charge in [0, 0.05) is 35.1 Å². The molecule has 134 valence electrons. The SMILES string of the molecule is CCC1(O)Cc2c(O)c3c(c(O)c2[C@@H](O)C1)C(=O)c1ccccc1C3=O. The maximum absolute atomic E-state index is 12.9. The molecule has 0 aliphatic heterocycles. The molecule has 2 aliphatic rings. The van der Waals surface area contributed by atoms with Crippen molar-refractivity contribution in [2.24, 2.45) is 0 Å². The third-order valence-electron chi connectivity index (χ3n) is 5.53.